The lowest BCUT2D eigenvalue weighted by molar-refractivity contribution is -0.118. The van der Waals surface area contributed by atoms with Crippen LogP contribution in [0.15, 0.2) is 18.2 Å². The van der Waals surface area contributed by atoms with Crippen LogP contribution in [-0.2, 0) is 4.79 Å². The van der Waals surface area contributed by atoms with Crippen LogP contribution < -0.4 is 20.7 Å². The lowest BCUT2D eigenvalue weighted by Crippen LogP contribution is -2.43. The third kappa shape index (κ3) is 4.17. The zero-order valence-corrected chi connectivity index (χ0v) is 13.9. The van der Waals surface area contributed by atoms with E-state index >= 15 is 0 Å². The molecule has 0 radical (unpaired) electrons. The maximum Gasteiger partial charge on any atom is 0.319 e. The number of likely N-dealkylation sites (tertiary alicyclic amines) is 1. The fourth-order valence-corrected chi connectivity index (χ4v) is 3.13. The van der Waals surface area contributed by atoms with Crippen molar-refractivity contribution in [2.75, 3.05) is 36.9 Å². The lowest BCUT2D eigenvalue weighted by atomic mass is 10.0. The molecule has 2 aliphatic rings. The van der Waals surface area contributed by atoms with Gasteiger partial charge in [-0.15, -0.1) is 0 Å². The summed E-state index contributed by atoms with van der Waals surface area (Å²) in [5, 5.41) is 8.39. The average Bonchev–Trinajstić information content (AvgIpc) is 2.57. The third-order valence-electron chi connectivity index (χ3n) is 4.50. The number of carbonyl (C=O) groups excluding carboxylic acids is 2. The highest BCUT2D eigenvalue weighted by atomic mass is 16.5. The molecule has 2 heterocycles. The van der Waals surface area contributed by atoms with E-state index in [4.69, 9.17) is 4.74 Å². The first-order valence-corrected chi connectivity index (χ1v) is 8.47. The molecule has 1 unspecified atom stereocenters. The topological polar surface area (TPSA) is 82.7 Å². The molecule has 0 bridgehead atoms. The largest absolute Gasteiger partial charge is 0.482 e. The number of benzene rings is 1. The second kappa shape index (κ2) is 7.53. The Bertz CT molecular complexity index is 620. The van der Waals surface area contributed by atoms with Gasteiger partial charge in [0.15, 0.2) is 6.61 Å². The quantitative estimate of drug-likeness (QED) is 0.788. The predicted octanol–water partition coefficient (Wildman–Crippen LogP) is 2.01. The Balaban J connectivity index is 1.46. The molecule has 24 heavy (non-hydrogen) atoms. The van der Waals surface area contributed by atoms with Crippen LogP contribution in [0.3, 0.4) is 0 Å². The number of fused-ring (bicyclic) bond motifs is 1. The number of urea groups is 1. The first kappa shape index (κ1) is 16.6. The van der Waals surface area contributed by atoms with E-state index < -0.39 is 0 Å². The second-order valence-corrected chi connectivity index (χ2v) is 6.31. The van der Waals surface area contributed by atoms with E-state index in [2.05, 4.69) is 27.8 Å². The molecule has 130 valence electrons. The Kier molecular flexibility index (Phi) is 5.20. The van der Waals surface area contributed by atoms with Crippen molar-refractivity contribution < 1.29 is 14.3 Å². The highest BCUT2D eigenvalue weighted by molar-refractivity contribution is 5.96. The summed E-state index contributed by atoms with van der Waals surface area (Å²) in [7, 11) is 0. The smallest absolute Gasteiger partial charge is 0.319 e. The van der Waals surface area contributed by atoms with Crippen molar-refractivity contribution in [1.82, 2.24) is 10.2 Å². The minimum atomic E-state index is -0.237. The van der Waals surface area contributed by atoms with Gasteiger partial charge in [-0.1, -0.05) is 6.42 Å². The molecule has 0 aromatic heterocycles. The van der Waals surface area contributed by atoms with Crippen LogP contribution in [0.4, 0.5) is 16.2 Å². The molecule has 1 aromatic rings. The van der Waals surface area contributed by atoms with Crippen molar-refractivity contribution in [3.05, 3.63) is 18.2 Å². The summed E-state index contributed by atoms with van der Waals surface area (Å²) in [5.41, 5.74) is 1.25. The maximum absolute atomic E-state index is 12.0. The summed E-state index contributed by atoms with van der Waals surface area (Å²) >= 11 is 0. The highest BCUT2D eigenvalue weighted by Crippen LogP contribution is 2.30. The number of amides is 3. The second-order valence-electron chi connectivity index (χ2n) is 6.31. The number of rotatable bonds is 4. The van der Waals surface area contributed by atoms with Crippen LogP contribution in [0.1, 0.15) is 26.2 Å². The number of nitrogens with zero attached hydrogens (tertiary/aromatic N) is 1. The lowest BCUT2D eigenvalue weighted by Gasteiger charge is -2.33. The number of carbonyl (C=O) groups is 2. The Hall–Kier alpha value is -2.28. The fourth-order valence-electron chi connectivity index (χ4n) is 3.13. The van der Waals surface area contributed by atoms with Crippen LogP contribution in [0, 0.1) is 0 Å². The number of hydrogen-bond acceptors (Lipinski definition) is 4. The maximum atomic E-state index is 12.0. The summed E-state index contributed by atoms with van der Waals surface area (Å²) in [5.74, 6) is 0.391. The van der Waals surface area contributed by atoms with Gasteiger partial charge in [0.2, 0.25) is 0 Å². The third-order valence-corrected chi connectivity index (χ3v) is 4.50. The molecule has 3 N–H and O–H groups in total. The summed E-state index contributed by atoms with van der Waals surface area (Å²) < 4.78 is 5.34. The van der Waals surface area contributed by atoms with Gasteiger partial charge < -0.3 is 20.7 Å². The standard InChI is InChI=1S/C17H24N4O3/c1-12-4-2-3-8-21(12)9-7-18-17(23)19-13-5-6-14-15(10-13)24-11-16(22)20-14/h5-6,10,12H,2-4,7-9,11H2,1H3,(H,20,22)(H2,18,19,23). The van der Waals surface area contributed by atoms with Gasteiger partial charge in [0.1, 0.15) is 5.75 Å². The SMILES string of the molecule is CC1CCCCN1CCNC(=O)Nc1ccc2c(c1)OCC(=O)N2. The van der Waals surface area contributed by atoms with E-state index in [0.29, 0.717) is 29.7 Å². The van der Waals surface area contributed by atoms with Gasteiger partial charge in [0.25, 0.3) is 5.91 Å². The molecule has 3 rings (SSSR count). The van der Waals surface area contributed by atoms with E-state index in [-0.39, 0.29) is 18.5 Å². The Morgan fingerprint density at radius 1 is 1.42 bits per heavy atom. The van der Waals surface area contributed by atoms with Crippen LogP contribution in [0.5, 0.6) is 5.75 Å². The number of piperidine rings is 1. The van der Waals surface area contributed by atoms with Crippen molar-refractivity contribution in [2.24, 2.45) is 0 Å². The minimum Gasteiger partial charge on any atom is -0.482 e. The van der Waals surface area contributed by atoms with Crippen molar-refractivity contribution in [3.8, 4) is 5.75 Å². The predicted molar refractivity (Wildman–Crippen MR) is 92.5 cm³/mol. The normalized spacial score (nSPS) is 20.5. The molecule has 1 atom stereocenters. The molecule has 7 nitrogen and oxygen atoms in total. The van der Waals surface area contributed by atoms with E-state index in [0.717, 1.165) is 13.1 Å². The number of hydrogen-bond donors (Lipinski definition) is 3. The van der Waals surface area contributed by atoms with Crippen molar-refractivity contribution in [3.63, 3.8) is 0 Å². The Morgan fingerprint density at radius 2 is 2.29 bits per heavy atom. The van der Waals surface area contributed by atoms with E-state index in [9.17, 15) is 9.59 Å². The van der Waals surface area contributed by atoms with Gasteiger partial charge in [0, 0.05) is 30.9 Å². The van der Waals surface area contributed by atoms with Crippen LogP contribution in [0.25, 0.3) is 0 Å². The summed E-state index contributed by atoms with van der Waals surface area (Å²) in [6.07, 6.45) is 3.77. The van der Waals surface area contributed by atoms with E-state index in [1.54, 1.807) is 18.2 Å². The summed E-state index contributed by atoms with van der Waals surface area (Å²) in [6, 6.07) is 5.52. The van der Waals surface area contributed by atoms with E-state index in [1.807, 2.05) is 0 Å². The summed E-state index contributed by atoms with van der Waals surface area (Å²) in [6.45, 7) is 4.84. The Morgan fingerprint density at radius 3 is 3.12 bits per heavy atom. The summed E-state index contributed by atoms with van der Waals surface area (Å²) in [4.78, 5) is 25.7. The first-order chi connectivity index (χ1) is 11.6. The number of nitrogens with one attached hydrogen (secondary N) is 3. The first-order valence-electron chi connectivity index (χ1n) is 8.47. The molecule has 3 amide bonds. The van der Waals surface area contributed by atoms with Crippen LogP contribution in [-0.4, -0.2) is 49.1 Å². The van der Waals surface area contributed by atoms with Crippen LogP contribution >= 0.6 is 0 Å². The van der Waals surface area contributed by atoms with Gasteiger partial charge in [-0.2, -0.15) is 0 Å². The van der Waals surface area contributed by atoms with Gasteiger partial charge in [-0.3, -0.25) is 9.69 Å². The minimum absolute atomic E-state index is 0.00330. The number of anilines is 2. The van der Waals surface area contributed by atoms with Gasteiger partial charge in [-0.05, 0) is 38.4 Å². The fraction of sp³-hybridized carbons (Fsp3) is 0.529. The van der Waals surface area contributed by atoms with Gasteiger partial charge in [-0.25, -0.2) is 4.79 Å². The monoisotopic (exact) mass is 332 g/mol. The van der Waals surface area contributed by atoms with Gasteiger partial charge in [0.05, 0.1) is 5.69 Å². The molecule has 2 aliphatic heterocycles. The molecule has 0 aliphatic carbocycles. The zero-order valence-electron chi connectivity index (χ0n) is 13.9. The van der Waals surface area contributed by atoms with E-state index in [1.165, 1.54) is 19.3 Å². The average molecular weight is 332 g/mol. The molecule has 1 saturated heterocycles. The molecule has 1 fully saturated rings. The molecule has 0 saturated carbocycles. The molecular formula is C17H24N4O3. The molecule has 7 heteroatoms. The number of ether oxygens (including phenoxy) is 1. The highest BCUT2D eigenvalue weighted by Gasteiger charge is 2.18. The van der Waals surface area contributed by atoms with Crippen LogP contribution in [0.2, 0.25) is 0 Å². The van der Waals surface area contributed by atoms with Crippen molar-refractivity contribution in [2.45, 2.75) is 32.2 Å². The molecule has 1 aromatic carbocycles. The zero-order chi connectivity index (χ0) is 16.9. The van der Waals surface area contributed by atoms with Crippen molar-refractivity contribution in [1.29, 1.82) is 0 Å². The van der Waals surface area contributed by atoms with Gasteiger partial charge >= 0.3 is 6.03 Å². The molecular weight excluding hydrogens is 308 g/mol. The van der Waals surface area contributed by atoms with Crippen molar-refractivity contribution >= 4 is 23.3 Å². The Labute approximate surface area is 141 Å². The molecule has 0 spiro atoms.